The predicted molar refractivity (Wildman–Crippen MR) is 83.1 cm³/mol. The first-order valence-electron chi connectivity index (χ1n) is 7.43. The van der Waals surface area contributed by atoms with Crippen LogP contribution in [-0.4, -0.2) is 0 Å². The Labute approximate surface area is 122 Å². The van der Waals surface area contributed by atoms with Crippen molar-refractivity contribution < 1.29 is 16.6 Å². The fourth-order valence-electron chi connectivity index (χ4n) is 4.71. The molecule has 0 amide bonds. The van der Waals surface area contributed by atoms with Crippen LogP contribution in [0.3, 0.4) is 0 Å². The predicted octanol–water partition coefficient (Wildman–Crippen LogP) is 6.26. The molecule has 0 saturated heterocycles. The van der Waals surface area contributed by atoms with E-state index < -0.39 is 16.6 Å². The summed E-state index contributed by atoms with van der Waals surface area (Å²) >= 11 is -2.39. The van der Waals surface area contributed by atoms with Gasteiger partial charge in [0.1, 0.15) is 0 Å². The van der Waals surface area contributed by atoms with E-state index in [0.29, 0.717) is 7.44 Å². The molecule has 2 aliphatic rings. The van der Waals surface area contributed by atoms with Crippen molar-refractivity contribution in [1.29, 1.82) is 0 Å². The monoisotopic (exact) mass is 292 g/mol. The second kappa shape index (κ2) is 4.90. The Hall–Kier alpha value is -0.326. The van der Waals surface area contributed by atoms with Gasteiger partial charge in [-0.15, -0.1) is 0 Å². The van der Waals surface area contributed by atoms with Gasteiger partial charge < -0.3 is 0 Å². The van der Waals surface area contributed by atoms with E-state index in [9.17, 15) is 0 Å². The van der Waals surface area contributed by atoms with Crippen LogP contribution in [0.4, 0.5) is 0 Å². The summed E-state index contributed by atoms with van der Waals surface area (Å²) in [4.78, 5) is 0. The molecular weight excluding hydrogens is 264 g/mol. The van der Waals surface area contributed by atoms with Gasteiger partial charge in [0.2, 0.25) is 0 Å². The number of hydrogen-bond acceptors (Lipinski definition) is 0. The molecule has 0 spiro atoms. The molecule has 0 fully saturated rings. The van der Waals surface area contributed by atoms with Gasteiger partial charge >= 0.3 is 123 Å². The van der Waals surface area contributed by atoms with Crippen LogP contribution in [0.2, 0.25) is 7.44 Å². The average molecular weight is 292 g/mol. The molecule has 0 N–H and O–H groups in total. The first-order valence-corrected chi connectivity index (χ1v) is 10.6. The van der Waals surface area contributed by atoms with Crippen molar-refractivity contribution >= 4 is 0 Å². The molecule has 1 heteroatoms. The van der Waals surface area contributed by atoms with E-state index in [0.717, 1.165) is 0 Å². The fraction of sp³-hybridized carbons (Fsp3) is 0.556. The Balaban J connectivity index is 2.65. The molecule has 0 unspecified atom stereocenters. The quantitative estimate of drug-likeness (QED) is 0.526. The van der Waals surface area contributed by atoms with Crippen LogP contribution in [0.15, 0.2) is 44.2 Å². The van der Waals surface area contributed by atoms with E-state index in [-0.39, 0.29) is 0 Å². The molecular formula is C18H28Ti. The van der Waals surface area contributed by atoms with Crippen LogP contribution in [0.25, 0.3) is 0 Å². The van der Waals surface area contributed by atoms with Gasteiger partial charge in [-0.3, -0.25) is 0 Å². The minimum absolute atomic E-state index is 0.397. The first kappa shape index (κ1) is 15.1. The van der Waals surface area contributed by atoms with Crippen LogP contribution in [-0.2, 0) is 16.6 Å². The molecule has 0 atom stereocenters. The van der Waals surface area contributed by atoms with E-state index in [1.807, 2.05) is 0 Å². The Bertz CT molecular complexity index is 427. The molecule has 0 aromatic heterocycles. The zero-order valence-electron chi connectivity index (χ0n) is 13.4. The van der Waals surface area contributed by atoms with Crippen molar-refractivity contribution in [3.05, 3.63) is 44.2 Å². The summed E-state index contributed by atoms with van der Waals surface area (Å²) in [5.41, 5.74) is 0. The maximum atomic E-state index is 2.48. The zero-order chi connectivity index (χ0) is 14.3. The van der Waals surface area contributed by atoms with Gasteiger partial charge in [0.25, 0.3) is 0 Å². The third-order valence-electron chi connectivity index (χ3n) is 4.76. The molecule has 104 valence electrons. The van der Waals surface area contributed by atoms with E-state index >= 15 is 0 Å². The Kier molecular flexibility index (Phi) is 3.89. The average Bonchev–Trinajstić information content (AvgIpc) is 2.85. The van der Waals surface area contributed by atoms with Gasteiger partial charge in [-0.25, -0.2) is 0 Å². The SMILES string of the molecule is C[C](C)(C)[Ti]([C]1=CC=CC1)([C]1=CC=CC1)[C](C)(C)C. The zero-order valence-corrected chi connectivity index (χ0v) is 14.9. The molecule has 0 bridgehead atoms. The summed E-state index contributed by atoms with van der Waals surface area (Å²) < 4.78 is 4.34. The van der Waals surface area contributed by atoms with Crippen molar-refractivity contribution in [3.8, 4) is 0 Å². The van der Waals surface area contributed by atoms with Crippen LogP contribution in [0.5, 0.6) is 0 Å². The van der Waals surface area contributed by atoms with Gasteiger partial charge in [-0.2, -0.15) is 0 Å². The number of rotatable bonds is 2. The molecule has 0 heterocycles. The third kappa shape index (κ3) is 2.28. The molecule has 0 aliphatic heterocycles. The van der Waals surface area contributed by atoms with Crippen molar-refractivity contribution in [2.45, 2.75) is 61.8 Å². The molecule has 19 heavy (non-hydrogen) atoms. The summed E-state index contributed by atoms with van der Waals surface area (Å²) in [7, 11) is 0. The molecule has 0 aromatic carbocycles. The molecule has 2 aliphatic carbocycles. The first-order chi connectivity index (χ1) is 8.71. The molecule has 0 radical (unpaired) electrons. The number of allylic oxidation sites excluding steroid dienone is 8. The van der Waals surface area contributed by atoms with Crippen molar-refractivity contribution in [2.75, 3.05) is 0 Å². The van der Waals surface area contributed by atoms with Gasteiger partial charge in [-0.05, 0) is 0 Å². The topological polar surface area (TPSA) is 0 Å². The molecule has 0 nitrogen and oxygen atoms in total. The van der Waals surface area contributed by atoms with Gasteiger partial charge in [0.05, 0.1) is 0 Å². The van der Waals surface area contributed by atoms with Crippen molar-refractivity contribution in [2.24, 2.45) is 0 Å². The fourth-order valence-corrected chi connectivity index (χ4v) is 17.3. The van der Waals surface area contributed by atoms with Crippen molar-refractivity contribution in [1.82, 2.24) is 0 Å². The second-order valence-electron chi connectivity index (χ2n) is 7.90. The van der Waals surface area contributed by atoms with E-state index in [2.05, 4.69) is 78.0 Å². The molecule has 2 rings (SSSR count). The van der Waals surface area contributed by atoms with Gasteiger partial charge in [-0.1, -0.05) is 0 Å². The third-order valence-corrected chi connectivity index (χ3v) is 15.9. The Morgan fingerprint density at radius 1 is 0.737 bits per heavy atom. The van der Waals surface area contributed by atoms with Gasteiger partial charge in [0, 0.05) is 0 Å². The second-order valence-corrected chi connectivity index (χ2v) is 16.9. The van der Waals surface area contributed by atoms with Crippen LogP contribution in [0.1, 0.15) is 54.4 Å². The van der Waals surface area contributed by atoms with Crippen LogP contribution in [0, 0.1) is 0 Å². The van der Waals surface area contributed by atoms with E-state index in [1.54, 1.807) is 7.76 Å². The summed E-state index contributed by atoms with van der Waals surface area (Å²) in [5, 5.41) is 0. The standard InChI is InChI=1S/2C5H5.2C4H9.Ti/c2*1-2-4-5-3-1;2*1-4(2)3;/h2*1-3H,4H2;2*1-3H3;. The summed E-state index contributed by atoms with van der Waals surface area (Å²) in [6.07, 6.45) is 16.5. The summed E-state index contributed by atoms with van der Waals surface area (Å²) in [6.45, 7) is 14.9. The van der Waals surface area contributed by atoms with E-state index in [4.69, 9.17) is 0 Å². The van der Waals surface area contributed by atoms with Crippen LogP contribution >= 0.6 is 0 Å². The summed E-state index contributed by atoms with van der Waals surface area (Å²) in [6, 6.07) is 0. The molecule has 0 aromatic rings. The normalized spacial score (nSPS) is 19.9. The number of hydrogen-bond donors (Lipinski definition) is 0. The van der Waals surface area contributed by atoms with Crippen molar-refractivity contribution in [3.63, 3.8) is 0 Å². The Morgan fingerprint density at radius 3 is 1.32 bits per heavy atom. The minimum atomic E-state index is -2.39. The summed E-state index contributed by atoms with van der Waals surface area (Å²) in [5.74, 6) is 0. The Morgan fingerprint density at radius 2 is 1.11 bits per heavy atom. The molecule has 0 saturated carbocycles. The van der Waals surface area contributed by atoms with E-state index in [1.165, 1.54) is 12.8 Å². The van der Waals surface area contributed by atoms with Crippen LogP contribution < -0.4 is 0 Å². The van der Waals surface area contributed by atoms with Gasteiger partial charge in [0.15, 0.2) is 0 Å². The maximum absolute atomic E-state index is 2.48.